The van der Waals surface area contributed by atoms with Gasteiger partial charge in [0.15, 0.2) is 0 Å². The Bertz CT molecular complexity index is 1270. The molecule has 0 aliphatic carbocycles. The Kier molecular flexibility index (Phi) is 5.60. The third-order valence-electron chi connectivity index (χ3n) is 6.01. The van der Waals surface area contributed by atoms with Crippen LogP contribution < -0.4 is 10.5 Å². The zero-order valence-corrected chi connectivity index (χ0v) is 18.4. The van der Waals surface area contributed by atoms with Crippen LogP contribution in [-0.2, 0) is 9.53 Å². The quantitative estimate of drug-likeness (QED) is 0.552. The molecule has 2 aliphatic rings. The molecule has 1 unspecified atom stereocenters. The van der Waals surface area contributed by atoms with Crippen molar-refractivity contribution >= 4 is 29.2 Å². The molecule has 0 spiro atoms. The Morgan fingerprint density at radius 2 is 1.70 bits per heavy atom. The van der Waals surface area contributed by atoms with Crippen molar-refractivity contribution in [2.45, 2.75) is 12.5 Å². The van der Waals surface area contributed by atoms with Gasteiger partial charge in [-0.15, -0.1) is 0 Å². The van der Waals surface area contributed by atoms with E-state index in [0.29, 0.717) is 43.1 Å². The lowest BCUT2D eigenvalue weighted by Gasteiger charge is -2.36. The minimum Gasteiger partial charge on any atom is -0.453 e. The summed E-state index contributed by atoms with van der Waals surface area (Å²) in [7, 11) is 0. The summed E-state index contributed by atoms with van der Waals surface area (Å²) in [4.78, 5) is 41.3. The number of halogens is 1. The van der Waals surface area contributed by atoms with Gasteiger partial charge in [-0.05, 0) is 18.2 Å². The largest absolute Gasteiger partial charge is 0.453 e. The molecule has 3 aromatic rings. The van der Waals surface area contributed by atoms with Gasteiger partial charge in [0.25, 0.3) is 5.56 Å². The summed E-state index contributed by atoms with van der Waals surface area (Å²) in [6, 6.07) is 16.2. The molecule has 8 nitrogen and oxygen atoms in total. The first-order valence-corrected chi connectivity index (χ1v) is 11.1. The van der Waals surface area contributed by atoms with Gasteiger partial charge in [0.2, 0.25) is 5.91 Å². The van der Waals surface area contributed by atoms with E-state index >= 15 is 0 Å². The van der Waals surface area contributed by atoms with Gasteiger partial charge in [-0.1, -0.05) is 48.0 Å². The molecule has 0 saturated carbocycles. The highest BCUT2D eigenvalue weighted by molar-refractivity contribution is 6.33. The van der Waals surface area contributed by atoms with Crippen molar-refractivity contribution in [2.75, 3.05) is 31.1 Å². The molecule has 0 radical (unpaired) electrons. The van der Waals surface area contributed by atoms with E-state index < -0.39 is 6.10 Å². The molecule has 1 fully saturated rings. The van der Waals surface area contributed by atoms with Crippen LogP contribution in [0, 0.1) is 0 Å². The molecule has 9 heteroatoms. The van der Waals surface area contributed by atoms with Gasteiger partial charge in [-0.3, -0.25) is 9.59 Å². The van der Waals surface area contributed by atoms with Crippen LogP contribution in [0.1, 0.15) is 28.4 Å². The monoisotopic (exact) mass is 464 g/mol. The number of esters is 1. The molecule has 2 aliphatic heterocycles. The molecule has 5 rings (SSSR count). The number of carbonyl (C=O) groups excluding carboxylic acids is 2. The number of anilines is 1. The van der Waals surface area contributed by atoms with Crippen LogP contribution in [0.3, 0.4) is 0 Å². The highest BCUT2D eigenvalue weighted by atomic mass is 35.5. The van der Waals surface area contributed by atoms with Gasteiger partial charge in [-0.25, -0.2) is 4.79 Å². The fourth-order valence-corrected chi connectivity index (χ4v) is 4.50. The highest BCUT2D eigenvalue weighted by Gasteiger charge is 2.34. The van der Waals surface area contributed by atoms with Crippen LogP contribution in [0.2, 0.25) is 5.02 Å². The second-order valence-electron chi connectivity index (χ2n) is 7.95. The third kappa shape index (κ3) is 3.98. The van der Waals surface area contributed by atoms with Crippen molar-refractivity contribution in [2.24, 2.45) is 0 Å². The first kappa shape index (κ1) is 21.2. The predicted molar refractivity (Wildman–Crippen MR) is 123 cm³/mol. The summed E-state index contributed by atoms with van der Waals surface area (Å²) in [5.41, 5.74) is 2.08. The summed E-state index contributed by atoms with van der Waals surface area (Å²) < 4.78 is 6.67. The van der Waals surface area contributed by atoms with Crippen LogP contribution >= 0.6 is 11.6 Å². The van der Waals surface area contributed by atoms with Crippen molar-refractivity contribution in [3.8, 4) is 5.69 Å². The predicted octanol–water partition coefficient (Wildman–Crippen LogP) is 2.84. The number of hydrogen-bond acceptors (Lipinski definition) is 6. The van der Waals surface area contributed by atoms with Crippen molar-refractivity contribution in [3.05, 3.63) is 87.3 Å². The number of carbonyl (C=O) groups is 2. The third-order valence-corrected chi connectivity index (χ3v) is 6.37. The fraction of sp³-hybridized carbons (Fsp3) is 0.250. The van der Waals surface area contributed by atoms with Crippen LogP contribution in [0.25, 0.3) is 5.69 Å². The van der Waals surface area contributed by atoms with Crippen LogP contribution in [0.4, 0.5) is 5.69 Å². The molecule has 0 N–H and O–H groups in total. The molecule has 33 heavy (non-hydrogen) atoms. The van der Waals surface area contributed by atoms with Gasteiger partial charge in [0.1, 0.15) is 11.1 Å². The van der Waals surface area contributed by atoms with Gasteiger partial charge in [0.05, 0.1) is 29.6 Å². The zero-order chi connectivity index (χ0) is 22.9. The molecule has 3 heterocycles. The van der Waals surface area contributed by atoms with E-state index in [1.807, 2.05) is 35.2 Å². The molecule has 1 amide bonds. The van der Waals surface area contributed by atoms with Gasteiger partial charge in [0, 0.05) is 31.7 Å². The number of hydrogen-bond donors (Lipinski definition) is 0. The number of benzene rings is 2. The van der Waals surface area contributed by atoms with Crippen LogP contribution in [0.15, 0.2) is 65.6 Å². The second-order valence-corrected chi connectivity index (χ2v) is 8.33. The summed E-state index contributed by atoms with van der Waals surface area (Å²) in [5.74, 6) is -0.464. The van der Waals surface area contributed by atoms with Gasteiger partial charge in [-0.2, -0.15) is 9.78 Å². The van der Waals surface area contributed by atoms with E-state index in [0.717, 1.165) is 5.56 Å². The Hall–Kier alpha value is -3.65. The Balaban J connectivity index is 1.24. The van der Waals surface area contributed by atoms with E-state index in [-0.39, 0.29) is 28.9 Å². The minimum absolute atomic E-state index is 0.0760. The van der Waals surface area contributed by atoms with E-state index in [9.17, 15) is 14.4 Å². The lowest BCUT2D eigenvalue weighted by molar-refractivity contribution is -0.133. The standard InChI is InChI=1S/C24H21ClN4O4/c25-22-19(15-26-29(23(22)31)16-6-2-1-3-7-16)27-10-12-28(13-11-27)21(30)14-20-17-8-4-5-9-18(17)24(32)33-20/h1-9,15,20H,10-14H2. The molecule has 1 atom stereocenters. The number of ether oxygens (including phenoxy) is 1. The van der Waals surface area contributed by atoms with Crippen LogP contribution in [0.5, 0.6) is 0 Å². The number of piperazine rings is 1. The Morgan fingerprint density at radius 3 is 2.45 bits per heavy atom. The van der Waals surface area contributed by atoms with Crippen molar-refractivity contribution in [3.63, 3.8) is 0 Å². The molecule has 1 aromatic heterocycles. The Labute approximate surface area is 194 Å². The maximum absolute atomic E-state index is 12.9. The average Bonchev–Trinajstić information content (AvgIpc) is 3.17. The second kappa shape index (κ2) is 8.71. The zero-order valence-electron chi connectivity index (χ0n) is 17.7. The summed E-state index contributed by atoms with van der Waals surface area (Å²) in [5, 5.41) is 4.38. The number of nitrogens with zero attached hydrogens (tertiary/aromatic N) is 4. The smallest absolute Gasteiger partial charge is 0.339 e. The lowest BCUT2D eigenvalue weighted by atomic mass is 10.0. The molecule has 168 valence electrons. The number of fused-ring (bicyclic) bond motifs is 1. The maximum atomic E-state index is 12.9. The van der Waals surface area contributed by atoms with E-state index in [1.54, 1.807) is 35.4 Å². The van der Waals surface area contributed by atoms with Crippen molar-refractivity contribution < 1.29 is 14.3 Å². The maximum Gasteiger partial charge on any atom is 0.339 e. The number of cyclic esters (lactones) is 1. The van der Waals surface area contributed by atoms with Gasteiger partial charge < -0.3 is 14.5 Å². The first-order valence-electron chi connectivity index (χ1n) is 10.7. The number of aromatic nitrogens is 2. The topological polar surface area (TPSA) is 84.7 Å². The molecular weight excluding hydrogens is 444 g/mol. The van der Waals surface area contributed by atoms with Crippen LogP contribution in [-0.4, -0.2) is 52.7 Å². The lowest BCUT2D eigenvalue weighted by Crippen LogP contribution is -2.49. The minimum atomic E-state index is -0.552. The SMILES string of the molecule is O=C1OC(CC(=O)N2CCN(c3cnn(-c4ccccc4)c(=O)c3Cl)CC2)c2ccccc21. The van der Waals surface area contributed by atoms with E-state index in [4.69, 9.17) is 16.3 Å². The first-order chi connectivity index (χ1) is 16.0. The molecule has 0 bridgehead atoms. The van der Waals surface area contributed by atoms with E-state index in [2.05, 4.69) is 5.10 Å². The number of rotatable bonds is 4. The highest BCUT2D eigenvalue weighted by Crippen LogP contribution is 2.33. The molecule has 1 saturated heterocycles. The van der Waals surface area contributed by atoms with E-state index in [1.165, 1.54) is 4.68 Å². The summed E-state index contributed by atoms with van der Waals surface area (Å²) in [6.07, 6.45) is 1.14. The van der Waals surface area contributed by atoms with Crippen molar-refractivity contribution in [1.82, 2.24) is 14.7 Å². The number of para-hydroxylation sites is 1. The van der Waals surface area contributed by atoms with Gasteiger partial charge >= 0.3 is 5.97 Å². The Morgan fingerprint density at radius 1 is 1.00 bits per heavy atom. The normalized spacial score (nSPS) is 17.6. The summed E-state index contributed by atoms with van der Waals surface area (Å²) in [6.45, 7) is 1.98. The average molecular weight is 465 g/mol. The summed E-state index contributed by atoms with van der Waals surface area (Å²) >= 11 is 6.41. The molecular formula is C24H21ClN4O4. The molecule has 2 aromatic carbocycles. The number of amides is 1. The van der Waals surface area contributed by atoms with Crippen molar-refractivity contribution in [1.29, 1.82) is 0 Å². The fourth-order valence-electron chi connectivity index (χ4n) is 4.25.